The highest BCUT2D eigenvalue weighted by molar-refractivity contribution is 7.81. The lowest BCUT2D eigenvalue weighted by Gasteiger charge is -2.24. The minimum atomic E-state index is -0.301. The Morgan fingerprint density at radius 2 is 1.94 bits per heavy atom. The van der Waals surface area contributed by atoms with Crippen molar-refractivity contribution < 1.29 is 9.53 Å². The summed E-state index contributed by atoms with van der Waals surface area (Å²) in [7, 11) is 3.34. The van der Waals surface area contributed by atoms with Crippen LogP contribution in [-0.4, -0.2) is 25.3 Å². The zero-order valence-electron chi connectivity index (χ0n) is 10.7. The van der Waals surface area contributed by atoms with Crippen LogP contribution in [0.4, 0.5) is 5.69 Å². The van der Waals surface area contributed by atoms with E-state index in [-0.39, 0.29) is 17.1 Å². The van der Waals surface area contributed by atoms with E-state index >= 15 is 0 Å². The molecule has 1 unspecified atom stereocenters. The highest BCUT2D eigenvalue weighted by Gasteiger charge is 2.23. The number of nitrogens with zero attached hydrogens (tertiary/aromatic N) is 1. The van der Waals surface area contributed by atoms with Crippen LogP contribution in [0.15, 0.2) is 24.3 Å². The Kier molecular flexibility index (Phi) is 4.87. The predicted octanol–water partition coefficient (Wildman–Crippen LogP) is 2.61. The maximum absolute atomic E-state index is 12.1. The SMILES string of the molecule is COc1ccccc1N(C)C(=O)C(S)C(C)C. The zero-order valence-corrected chi connectivity index (χ0v) is 11.6. The molecular weight excluding hydrogens is 234 g/mol. The topological polar surface area (TPSA) is 29.5 Å². The van der Waals surface area contributed by atoms with Gasteiger partial charge in [-0.2, -0.15) is 12.6 Å². The minimum absolute atomic E-state index is 0.0205. The number of thiol groups is 1. The quantitative estimate of drug-likeness (QED) is 0.836. The lowest BCUT2D eigenvalue weighted by molar-refractivity contribution is -0.118. The fraction of sp³-hybridized carbons (Fsp3) is 0.462. The van der Waals surface area contributed by atoms with Crippen molar-refractivity contribution >= 4 is 24.2 Å². The molecule has 0 N–H and O–H groups in total. The van der Waals surface area contributed by atoms with Gasteiger partial charge in [0, 0.05) is 7.05 Å². The molecule has 4 heteroatoms. The maximum Gasteiger partial charge on any atom is 0.239 e. The van der Waals surface area contributed by atoms with Gasteiger partial charge < -0.3 is 9.64 Å². The number of amides is 1. The Morgan fingerprint density at radius 3 is 2.47 bits per heavy atom. The molecule has 0 aliphatic rings. The molecule has 0 heterocycles. The number of rotatable bonds is 4. The number of carbonyl (C=O) groups excluding carboxylic acids is 1. The summed E-state index contributed by atoms with van der Waals surface area (Å²) in [6.45, 7) is 3.96. The Hall–Kier alpha value is -1.16. The van der Waals surface area contributed by atoms with Crippen molar-refractivity contribution in [3.63, 3.8) is 0 Å². The highest BCUT2D eigenvalue weighted by atomic mass is 32.1. The van der Waals surface area contributed by atoms with Crippen LogP contribution in [0.5, 0.6) is 5.75 Å². The molecule has 17 heavy (non-hydrogen) atoms. The smallest absolute Gasteiger partial charge is 0.239 e. The number of hydrogen-bond acceptors (Lipinski definition) is 3. The van der Waals surface area contributed by atoms with Crippen molar-refractivity contribution in [3.8, 4) is 5.75 Å². The van der Waals surface area contributed by atoms with Crippen molar-refractivity contribution in [3.05, 3.63) is 24.3 Å². The normalized spacial score (nSPS) is 12.4. The highest BCUT2D eigenvalue weighted by Crippen LogP contribution is 2.28. The van der Waals surface area contributed by atoms with Crippen LogP contribution in [0.25, 0.3) is 0 Å². The van der Waals surface area contributed by atoms with Crippen LogP contribution in [0.3, 0.4) is 0 Å². The summed E-state index contributed by atoms with van der Waals surface area (Å²) >= 11 is 4.34. The van der Waals surface area contributed by atoms with E-state index in [0.717, 1.165) is 5.69 Å². The first-order chi connectivity index (χ1) is 7.99. The van der Waals surface area contributed by atoms with Crippen LogP contribution in [0.2, 0.25) is 0 Å². The molecule has 0 fully saturated rings. The van der Waals surface area contributed by atoms with Gasteiger partial charge in [-0.25, -0.2) is 0 Å². The van der Waals surface area contributed by atoms with Crippen molar-refractivity contribution in [2.75, 3.05) is 19.1 Å². The molecule has 0 bridgehead atoms. The summed E-state index contributed by atoms with van der Waals surface area (Å²) in [6, 6.07) is 7.45. The fourth-order valence-electron chi connectivity index (χ4n) is 1.51. The van der Waals surface area contributed by atoms with Crippen LogP contribution >= 0.6 is 12.6 Å². The average molecular weight is 253 g/mol. The predicted molar refractivity (Wildman–Crippen MR) is 74.0 cm³/mol. The van der Waals surface area contributed by atoms with Gasteiger partial charge in [-0.1, -0.05) is 26.0 Å². The van der Waals surface area contributed by atoms with E-state index < -0.39 is 0 Å². The summed E-state index contributed by atoms with van der Waals surface area (Å²) in [4.78, 5) is 13.7. The Morgan fingerprint density at radius 1 is 1.35 bits per heavy atom. The Labute approximate surface area is 108 Å². The van der Waals surface area contributed by atoms with Gasteiger partial charge in [0.1, 0.15) is 5.75 Å². The van der Waals surface area contributed by atoms with Crippen LogP contribution in [0.1, 0.15) is 13.8 Å². The molecular formula is C13H19NO2S. The summed E-state index contributed by atoms with van der Waals surface area (Å²) in [5.74, 6) is 0.864. The first kappa shape index (κ1) is 13.9. The van der Waals surface area contributed by atoms with E-state index in [9.17, 15) is 4.79 Å². The molecule has 0 radical (unpaired) electrons. The van der Waals surface area contributed by atoms with E-state index in [1.807, 2.05) is 38.1 Å². The lowest BCUT2D eigenvalue weighted by Crippen LogP contribution is -2.36. The summed E-state index contributed by atoms with van der Waals surface area (Å²) in [5.41, 5.74) is 0.764. The molecule has 1 aromatic carbocycles. The number of hydrogen-bond donors (Lipinski definition) is 1. The molecule has 0 aliphatic carbocycles. The van der Waals surface area contributed by atoms with Gasteiger partial charge in [-0.3, -0.25) is 4.79 Å². The van der Waals surface area contributed by atoms with Crippen LogP contribution in [-0.2, 0) is 4.79 Å². The van der Waals surface area contributed by atoms with Gasteiger partial charge in [-0.15, -0.1) is 0 Å². The van der Waals surface area contributed by atoms with Gasteiger partial charge in [0.2, 0.25) is 5.91 Å². The fourth-order valence-corrected chi connectivity index (χ4v) is 1.68. The van der Waals surface area contributed by atoms with E-state index in [0.29, 0.717) is 5.75 Å². The molecule has 0 saturated heterocycles. The summed E-state index contributed by atoms with van der Waals surface area (Å²) in [5, 5.41) is -0.301. The van der Waals surface area contributed by atoms with Gasteiger partial charge >= 0.3 is 0 Å². The van der Waals surface area contributed by atoms with E-state index in [1.165, 1.54) is 0 Å². The van der Waals surface area contributed by atoms with E-state index in [2.05, 4.69) is 12.6 Å². The van der Waals surface area contributed by atoms with Gasteiger partial charge in [-0.05, 0) is 18.1 Å². The number of anilines is 1. The second-order valence-corrected chi connectivity index (χ2v) is 4.81. The zero-order chi connectivity index (χ0) is 13.0. The lowest BCUT2D eigenvalue weighted by atomic mass is 10.1. The average Bonchev–Trinajstić information content (AvgIpc) is 2.35. The van der Waals surface area contributed by atoms with E-state index in [1.54, 1.807) is 19.1 Å². The number of methoxy groups -OCH3 is 1. The van der Waals surface area contributed by atoms with Gasteiger partial charge in [0.15, 0.2) is 0 Å². The maximum atomic E-state index is 12.1. The number of para-hydroxylation sites is 2. The molecule has 1 rings (SSSR count). The number of carbonyl (C=O) groups is 1. The molecule has 0 saturated carbocycles. The van der Waals surface area contributed by atoms with Crippen LogP contribution < -0.4 is 9.64 Å². The van der Waals surface area contributed by atoms with Gasteiger partial charge in [0.25, 0.3) is 0 Å². The Bertz CT molecular complexity index is 393. The van der Waals surface area contributed by atoms with E-state index in [4.69, 9.17) is 4.74 Å². The monoisotopic (exact) mass is 253 g/mol. The third-order valence-corrected chi connectivity index (χ3v) is 3.48. The number of ether oxygens (including phenoxy) is 1. The molecule has 1 amide bonds. The number of benzene rings is 1. The Balaban J connectivity index is 2.96. The first-order valence-electron chi connectivity index (χ1n) is 5.57. The molecule has 0 aromatic heterocycles. The first-order valence-corrected chi connectivity index (χ1v) is 6.09. The van der Waals surface area contributed by atoms with Gasteiger partial charge in [0.05, 0.1) is 18.0 Å². The summed E-state index contributed by atoms with van der Waals surface area (Å²) < 4.78 is 5.24. The molecule has 0 spiro atoms. The second kappa shape index (κ2) is 5.96. The van der Waals surface area contributed by atoms with Crippen molar-refractivity contribution in [1.82, 2.24) is 0 Å². The largest absolute Gasteiger partial charge is 0.495 e. The van der Waals surface area contributed by atoms with Crippen molar-refractivity contribution in [1.29, 1.82) is 0 Å². The van der Waals surface area contributed by atoms with Crippen molar-refractivity contribution in [2.45, 2.75) is 19.1 Å². The van der Waals surface area contributed by atoms with Crippen LogP contribution in [0, 0.1) is 5.92 Å². The molecule has 94 valence electrons. The van der Waals surface area contributed by atoms with Crippen molar-refractivity contribution in [2.24, 2.45) is 5.92 Å². The second-order valence-electron chi connectivity index (χ2n) is 4.26. The molecule has 1 atom stereocenters. The molecule has 1 aromatic rings. The minimum Gasteiger partial charge on any atom is -0.495 e. The summed E-state index contributed by atoms with van der Waals surface area (Å²) in [6.07, 6.45) is 0. The third-order valence-electron chi connectivity index (χ3n) is 2.66. The third kappa shape index (κ3) is 3.16. The molecule has 3 nitrogen and oxygen atoms in total. The standard InChI is InChI=1S/C13H19NO2S/c1-9(2)12(17)13(15)14(3)10-7-5-6-8-11(10)16-4/h5-9,12,17H,1-4H3. The molecule has 0 aliphatic heterocycles.